The van der Waals surface area contributed by atoms with Crippen LogP contribution in [0.4, 0.5) is 0 Å². The minimum Gasteiger partial charge on any atom is -0.469 e. The molecule has 0 unspecified atom stereocenters. The summed E-state index contributed by atoms with van der Waals surface area (Å²) >= 11 is 1.82. The Labute approximate surface area is 93.3 Å². The summed E-state index contributed by atoms with van der Waals surface area (Å²) in [5.41, 5.74) is 5.63. The molecule has 0 radical (unpaired) electrons. The number of carbonyl (C=O) groups is 2. The van der Waals surface area contributed by atoms with Gasteiger partial charge in [-0.05, 0) is 0 Å². The highest BCUT2D eigenvalue weighted by molar-refractivity contribution is 7.99. The van der Waals surface area contributed by atoms with E-state index in [9.17, 15) is 9.59 Å². The molecule has 0 bridgehead atoms. The second-order valence-corrected chi connectivity index (χ2v) is 4.55. The van der Waals surface area contributed by atoms with Crippen molar-refractivity contribution in [3.63, 3.8) is 0 Å². The molecule has 0 aromatic heterocycles. The Kier molecular flexibility index (Phi) is 4.90. The second kappa shape index (κ2) is 5.97. The molecule has 5 nitrogen and oxygen atoms in total. The van der Waals surface area contributed by atoms with Gasteiger partial charge in [0, 0.05) is 24.6 Å². The highest BCUT2D eigenvalue weighted by Gasteiger charge is 2.24. The standard InChI is InChI=1S/C9H16N2O3S/c1-14-8(12)6-7(10)9(13)11-2-4-15-5-3-11/h7H,2-6,10H2,1H3/t7-/m0/s1. The number of nitrogens with two attached hydrogens (primary N) is 1. The molecule has 6 heteroatoms. The lowest BCUT2D eigenvalue weighted by Crippen LogP contribution is -2.48. The van der Waals surface area contributed by atoms with Crippen LogP contribution in [-0.4, -0.2) is 54.5 Å². The quantitative estimate of drug-likeness (QED) is 0.661. The summed E-state index contributed by atoms with van der Waals surface area (Å²) in [6.07, 6.45) is -0.0427. The first-order chi connectivity index (χ1) is 7.15. The van der Waals surface area contributed by atoms with Crippen molar-refractivity contribution in [1.29, 1.82) is 0 Å². The molecule has 1 amide bonds. The van der Waals surface area contributed by atoms with E-state index in [1.165, 1.54) is 7.11 Å². The van der Waals surface area contributed by atoms with Crippen LogP contribution in [-0.2, 0) is 14.3 Å². The van der Waals surface area contributed by atoms with Crippen molar-refractivity contribution in [1.82, 2.24) is 4.90 Å². The highest BCUT2D eigenvalue weighted by Crippen LogP contribution is 2.10. The lowest BCUT2D eigenvalue weighted by atomic mass is 10.2. The van der Waals surface area contributed by atoms with E-state index < -0.39 is 12.0 Å². The zero-order chi connectivity index (χ0) is 11.3. The fourth-order valence-electron chi connectivity index (χ4n) is 1.37. The third kappa shape index (κ3) is 3.71. The minimum atomic E-state index is -0.763. The molecular weight excluding hydrogens is 216 g/mol. The molecule has 1 heterocycles. The number of hydrogen-bond acceptors (Lipinski definition) is 5. The topological polar surface area (TPSA) is 72.6 Å². The molecule has 1 rings (SSSR count). The summed E-state index contributed by atoms with van der Waals surface area (Å²) in [4.78, 5) is 24.4. The van der Waals surface area contributed by atoms with Crippen LogP contribution in [0.25, 0.3) is 0 Å². The van der Waals surface area contributed by atoms with Crippen LogP contribution in [0.1, 0.15) is 6.42 Å². The maximum absolute atomic E-state index is 11.7. The number of hydrogen-bond donors (Lipinski definition) is 1. The maximum atomic E-state index is 11.7. The Hall–Kier alpha value is -0.750. The molecule has 0 aromatic rings. The van der Waals surface area contributed by atoms with Gasteiger partial charge in [0.05, 0.1) is 19.6 Å². The number of esters is 1. The third-order valence-electron chi connectivity index (χ3n) is 2.25. The Morgan fingerprint density at radius 3 is 2.60 bits per heavy atom. The summed E-state index contributed by atoms with van der Waals surface area (Å²) in [6.45, 7) is 1.44. The Balaban J connectivity index is 2.40. The fraction of sp³-hybridized carbons (Fsp3) is 0.778. The van der Waals surface area contributed by atoms with Gasteiger partial charge in [-0.25, -0.2) is 0 Å². The van der Waals surface area contributed by atoms with Crippen LogP contribution in [0.15, 0.2) is 0 Å². The van der Waals surface area contributed by atoms with Crippen molar-refractivity contribution in [2.45, 2.75) is 12.5 Å². The van der Waals surface area contributed by atoms with E-state index in [4.69, 9.17) is 5.73 Å². The van der Waals surface area contributed by atoms with E-state index in [0.29, 0.717) is 0 Å². The Morgan fingerprint density at radius 1 is 1.47 bits per heavy atom. The molecule has 1 saturated heterocycles. The van der Waals surface area contributed by atoms with Crippen molar-refractivity contribution in [2.75, 3.05) is 31.7 Å². The van der Waals surface area contributed by atoms with Gasteiger partial charge in [0.25, 0.3) is 0 Å². The van der Waals surface area contributed by atoms with E-state index in [-0.39, 0.29) is 12.3 Å². The van der Waals surface area contributed by atoms with Crippen LogP contribution in [0.3, 0.4) is 0 Å². The molecular formula is C9H16N2O3S. The summed E-state index contributed by atoms with van der Waals surface area (Å²) < 4.78 is 4.46. The summed E-state index contributed by atoms with van der Waals surface area (Å²) in [5, 5.41) is 0. The average molecular weight is 232 g/mol. The number of nitrogens with zero attached hydrogens (tertiary/aromatic N) is 1. The van der Waals surface area contributed by atoms with Crippen molar-refractivity contribution in [3.05, 3.63) is 0 Å². The molecule has 1 fully saturated rings. The Bertz CT molecular complexity index is 242. The molecule has 1 aliphatic rings. The first-order valence-electron chi connectivity index (χ1n) is 4.84. The second-order valence-electron chi connectivity index (χ2n) is 3.32. The van der Waals surface area contributed by atoms with E-state index in [1.54, 1.807) is 4.90 Å². The molecule has 0 spiro atoms. The number of ether oxygens (including phenoxy) is 1. The molecule has 2 N–H and O–H groups in total. The van der Waals surface area contributed by atoms with E-state index in [0.717, 1.165) is 24.6 Å². The normalized spacial score (nSPS) is 18.4. The lowest BCUT2D eigenvalue weighted by Gasteiger charge is -2.28. The first kappa shape index (κ1) is 12.3. The fourth-order valence-corrected chi connectivity index (χ4v) is 2.27. The molecule has 1 atom stereocenters. The van der Waals surface area contributed by atoms with Crippen LogP contribution >= 0.6 is 11.8 Å². The maximum Gasteiger partial charge on any atom is 0.307 e. The predicted molar refractivity (Wildman–Crippen MR) is 58.5 cm³/mol. The molecule has 1 aliphatic heterocycles. The van der Waals surface area contributed by atoms with Gasteiger partial charge in [-0.2, -0.15) is 11.8 Å². The van der Waals surface area contributed by atoms with Crippen molar-refractivity contribution < 1.29 is 14.3 Å². The van der Waals surface area contributed by atoms with Gasteiger partial charge in [0.2, 0.25) is 5.91 Å². The molecule has 0 aliphatic carbocycles. The number of methoxy groups -OCH3 is 1. The van der Waals surface area contributed by atoms with Gasteiger partial charge < -0.3 is 15.4 Å². The summed E-state index contributed by atoms with van der Waals surface area (Å²) in [5.74, 6) is 1.29. The van der Waals surface area contributed by atoms with Gasteiger partial charge >= 0.3 is 5.97 Å². The highest BCUT2D eigenvalue weighted by atomic mass is 32.2. The van der Waals surface area contributed by atoms with Crippen molar-refractivity contribution >= 4 is 23.6 Å². The van der Waals surface area contributed by atoms with Gasteiger partial charge in [0.15, 0.2) is 0 Å². The monoisotopic (exact) mass is 232 g/mol. The molecule has 0 aromatic carbocycles. The van der Waals surface area contributed by atoms with E-state index in [1.807, 2.05) is 11.8 Å². The first-order valence-corrected chi connectivity index (χ1v) is 5.99. The number of amides is 1. The van der Waals surface area contributed by atoms with Crippen LogP contribution in [0.2, 0.25) is 0 Å². The van der Waals surface area contributed by atoms with Crippen molar-refractivity contribution in [2.24, 2.45) is 5.73 Å². The molecule has 15 heavy (non-hydrogen) atoms. The van der Waals surface area contributed by atoms with E-state index in [2.05, 4.69) is 4.74 Å². The lowest BCUT2D eigenvalue weighted by molar-refractivity contribution is -0.144. The summed E-state index contributed by atoms with van der Waals surface area (Å²) in [6, 6.07) is -0.763. The van der Waals surface area contributed by atoms with Gasteiger partial charge in [-0.1, -0.05) is 0 Å². The molecule has 0 saturated carbocycles. The number of carbonyl (C=O) groups excluding carboxylic acids is 2. The average Bonchev–Trinajstić information content (AvgIpc) is 2.29. The van der Waals surface area contributed by atoms with Crippen LogP contribution < -0.4 is 5.73 Å². The van der Waals surface area contributed by atoms with Gasteiger partial charge in [0.1, 0.15) is 0 Å². The predicted octanol–water partition coefficient (Wildman–Crippen LogP) is -0.548. The van der Waals surface area contributed by atoms with Crippen LogP contribution in [0.5, 0.6) is 0 Å². The smallest absolute Gasteiger partial charge is 0.307 e. The number of thioether (sulfide) groups is 1. The third-order valence-corrected chi connectivity index (χ3v) is 3.20. The van der Waals surface area contributed by atoms with Gasteiger partial charge in [-0.3, -0.25) is 9.59 Å². The number of rotatable bonds is 3. The largest absolute Gasteiger partial charge is 0.469 e. The van der Waals surface area contributed by atoms with Crippen LogP contribution in [0, 0.1) is 0 Å². The molecule has 86 valence electrons. The van der Waals surface area contributed by atoms with Crippen molar-refractivity contribution in [3.8, 4) is 0 Å². The summed E-state index contributed by atoms with van der Waals surface area (Å²) in [7, 11) is 1.29. The van der Waals surface area contributed by atoms with E-state index >= 15 is 0 Å². The zero-order valence-corrected chi connectivity index (χ0v) is 9.59. The minimum absolute atomic E-state index is 0.0427. The Morgan fingerprint density at radius 2 is 2.07 bits per heavy atom. The zero-order valence-electron chi connectivity index (χ0n) is 8.77. The van der Waals surface area contributed by atoms with Gasteiger partial charge in [-0.15, -0.1) is 0 Å². The SMILES string of the molecule is COC(=O)C[C@H](N)C(=O)N1CCSCC1.